The van der Waals surface area contributed by atoms with E-state index in [-0.39, 0.29) is 12.1 Å². The van der Waals surface area contributed by atoms with Gasteiger partial charge in [0, 0.05) is 31.0 Å². The second-order valence-electron chi connectivity index (χ2n) is 8.29. The van der Waals surface area contributed by atoms with Gasteiger partial charge in [0.2, 0.25) is 5.95 Å². The third kappa shape index (κ3) is 2.75. The number of hydrogen-bond donors (Lipinski definition) is 1. The Labute approximate surface area is 179 Å². The molecule has 0 aliphatic carbocycles. The van der Waals surface area contributed by atoms with Crippen LogP contribution in [0.1, 0.15) is 29.5 Å². The van der Waals surface area contributed by atoms with Crippen LogP contribution in [0.3, 0.4) is 0 Å². The van der Waals surface area contributed by atoms with E-state index < -0.39 is 0 Å². The standard InChI is InChI=1S/C23H23N5O3/c1-13-20(14(2)31-26-13)17-5-6-18-21-22(17)30-12-19(15-4-3-8-24-10-15)28(21)23(25-18)27-9-7-16(29)11-27/h3-6,8,10,16,19,29H,7,9,11-12H2,1-2H3/t16-,19+/m1/s1. The highest BCUT2D eigenvalue weighted by molar-refractivity contribution is 5.94. The first-order valence-corrected chi connectivity index (χ1v) is 10.6. The predicted octanol–water partition coefficient (Wildman–Crippen LogP) is 3.26. The molecule has 1 saturated heterocycles. The Bertz CT molecular complexity index is 1260. The average Bonchev–Trinajstić information content (AvgIpc) is 3.48. The maximum atomic E-state index is 10.2. The van der Waals surface area contributed by atoms with Crippen LogP contribution in [0.15, 0.2) is 41.2 Å². The van der Waals surface area contributed by atoms with Gasteiger partial charge in [0.05, 0.1) is 28.9 Å². The van der Waals surface area contributed by atoms with Crippen LogP contribution >= 0.6 is 0 Å². The minimum absolute atomic E-state index is 0.0566. The lowest BCUT2D eigenvalue weighted by Crippen LogP contribution is -2.30. The minimum Gasteiger partial charge on any atom is -0.488 e. The number of ether oxygens (including phenoxy) is 1. The van der Waals surface area contributed by atoms with Crippen LogP contribution < -0.4 is 9.64 Å². The smallest absolute Gasteiger partial charge is 0.207 e. The van der Waals surface area contributed by atoms with Gasteiger partial charge in [-0.2, -0.15) is 0 Å². The fourth-order valence-electron chi connectivity index (χ4n) is 4.85. The molecule has 158 valence electrons. The molecule has 0 spiro atoms. The summed E-state index contributed by atoms with van der Waals surface area (Å²) in [5.74, 6) is 2.42. The van der Waals surface area contributed by atoms with E-state index in [9.17, 15) is 5.11 Å². The van der Waals surface area contributed by atoms with Gasteiger partial charge < -0.3 is 19.3 Å². The molecule has 0 bridgehead atoms. The fraction of sp³-hybridized carbons (Fsp3) is 0.348. The number of aliphatic hydroxyl groups excluding tert-OH is 1. The summed E-state index contributed by atoms with van der Waals surface area (Å²) in [7, 11) is 0. The van der Waals surface area contributed by atoms with Crippen molar-refractivity contribution in [1.82, 2.24) is 19.7 Å². The van der Waals surface area contributed by atoms with E-state index in [2.05, 4.69) is 25.7 Å². The first kappa shape index (κ1) is 18.4. The third-order valence-electron chi connectivity index (χ3n) is 6.30. The van der Waals surface area contributed by atoms with Crippen molar-refractivity contribution in [3.05, 3.63) is 53.7 Å². The number of pyridine rings is 1. The summed E-state index contributed by atoms with van der Waals surface area (Å²) in [5.41, 5.74) is 5.64. The second kappa shape index (κ2) is 6.81. The number of anilines is 1. The highest BCUT2D eigenvalue weighted by Gasteiger charge is 2.34. The maximum absolute atomic E-state index is 10.2. The molecule has 8 nitrogen and oxygen atoms in total. The third-order valence-corrected chi connectivity index (χ3v) is 6.30. The molecular weight excluding hydrogens is 394 g/mol. The van der Waals surface area contributed by atoms with Crippen LogP contribution in [-0.2, 0) is 0 Å². The molecule has 0 radical (unpaired) electrons. The lowest BCUT2D eigenvalue weighted by molar-refractivity contribution is 0.198. The van der Waals surface area contributed by atoms with Gasteiger partial charge in [0.1, 0.15) is 17.9 Å². The zero-order chi connectivity index (χ0) is 21.1. The molecule has 0 saturated carbocycles. The van der Waals surface area contributed by atoms with Crippen LogP contribution in [0.5, 0.6) is 5.75 Å². The molecular formula is C23H23N5O3. The summed E-state index contributed by atoms with van der Waals surface area (Å²) in [5, 5.41) is 14.3. The quantitative estimate of drug-likeness (QED) is 0.547. The summed E-state index contributed by atoms with van der Waals surface area (Å²) in [4.78, 5) is 11.5. The number of β-amino-alcohol motifs (C(OH)–C–C–N with tert-alkyl or cyclic N) is 1. The molecule has 2 aliphatic heterocycles. The Morgan fingerprint density at radius 3 is 2.81 bits per heavy atom. The van der Waals surface area contributed by atoms with Crippen molar-refractivity contribution >= 4 is 17.0 Å². The summed E-state index contributed by atoms with van der Waals surface area (Å²) >= 11 is 0. The van der Waals surface area contributed by atoms with Crippen LogP contribution in [0.2, 0.25) is 0 Å². The molecule has 1 fully saturated rings. The number of aryl methyl sites for hydroxylation is 2. The van der Waals surface area contributed by atoms with Gasteiger partial charge in [-0.1, -0.05) is 11.2 Å². The first-order chi connectivity index (χ1) is 15.1. The molecule has 0 unspecified atom stereocenters. The Morgan fingerprint density at radius 2 is 2.10 bits per heavy atom. The van der Waals surface area contributed by atoms with Gasteiger partial charge >= 0.3 is 0 Å². The van der Waals surface area contributed by atoms with Crippen molar-refractivity contribution in [2.75, 3.05) is 24.6 Å². The molecule has 6 rings (SSSR count). The van der Waals surface area contributed by atoms with Gasteiger partial charge in [-0.25, -0.2) is 4.98 Å². The lowest BCUT2D eigenvalue weighted by atomic mass is 10.0. The van der Waals surface area contributed by atoms with Crippen LogP contribution in [-0.4, -0.2) is 50.6 Å². The second-order valence-corrected chi connectivity index (χ2v) is 8.29. The number of benzene rings is 1. The van der Waals surface area contributed by atoms with Crippen molar-refractivity contribution in [1.29, 1.82) is 0 Å². The van der Waals surface area contributed by atoms with Crippen LogP contribution in [0.25, 0.3) is 22.2 Å². The van der Waals surface area contributed by atoms with Crippen LogP contribution in [0.4, 0.5) is 5.95 Å². The molecule has 4 aromatic rings. The largest absolute Gasteiger partial charge is 0.488 e. The summed E-state index contributed by atoms with van der Waals surface area (Å²) in [6.07, 6.45) is 4.07. The Kier molecular flexibility index (Phi) is 4.04. The Balaban J connectivity index is 1.62. The van der Waals surface area contributed by atoms with E-state index >= 15 is 0 Å². The molecule has 8 heteroatoms. The van der Waals surface area contributed by atoms with Crippen molar-refractivity contribution in [3.8, 4) is 16.9 Å². The van der Waals surface area contributed by atoms with E-state index in [0.29, 0.717) is 13.2 Å². The number of aromatic nitrogens is 4. The Morgan fingerprint density at radius 1 is 1.19 bits per heavy atom. The molecule has 1 N–H and O–H groups in total. The SMILES string of the molecule is Cc1noc(C)c1-c1ccc2nc(N3CC[C@@H](O)C3)n3c2c1OC[C@H]3c1cccnc1. The van der Waals surface area contributed by atoms with Crippen molar-refractivity contribution in [2.45, 2.75) is 32.4 Å². The lowest BCUT2D eigenvalue weighted by Gasteiger charge is -2.30. The highest BCUT2D eigenvalue weighted by Crippen LogP contribution is 2.46. The predicted molar refractivity (Wildman–Crippen MR) is 115 cm³/mol. The number of hydrogen-bond acceptors (Lipinski definition) is 7. The van der Waals surface area contributed by atoms with E-state index in [1.807, 2.05) is 38.2 Å². The van der Waals surface area contributed by atoms with Crippen molar-refractivity contribution in [3.63, 3.8) is 0 Å². The van der Waals surface area contributed by atoms with Gasteiger partial charge in [0.25, 0.3) is 0 Å². The molecule has 31 heavy (non-hydrogen) atoms. The minimum atomic E-state index is -0.332. The van der Waals surface area contributed by atoms with E-state index in [1.54, 1.807) is 6.20 Å². The monoisotopic (exact) mass is 417 g/mol. The Hall–Kier alpha value is -3.39. The summed E-state index contributed by atoms with van der Waals surface area (Å²) in [6, 6.07) is 8.02. The van der Waals surface area contributed by atoms with E-state index in [4.69, 9.17) is 14.2 Å². The molecule has 5 heterocycles. The van der Waals surface area contributed by atoms with E-state index in [0.717, 1.165) is 63.8 Å². The highest BCUT2D eigenvalue weighted by atomic mass is 16.5. The van der Waals surface area contributed by atoms with Crippen LogP contribution in [0, 0.1) is 13.8 Å². The summed E-state index contributed by atoms with van der Waals surface area (Å²) < 4.78 is 14.1. The van der Waals surface area contributed by atoms with Crippen molar-refractivity contribution < 1.29 is 14.4 Å². The average molecular weight is 417 g/mol. The van der Waals surface area contributed by atoms with Crippen molar-refractivity contribution in [2.24, 2.45) is 0 Å². The number of rotatable bonds is 3. The maximum Gasteiger partial charge on any atom is 0.207 e. The van der Waals surface area contributed by atoms with Gasteiger partial charge in [-0.3, -0.25) is 9.55 Å². The van der Waals surface area contributed by atoms with Gasteiger partial charge in [-0.05, 0) is 44.0 Å². The normalized spacial score (nSPS) is 20.4. The molecule has 3 aromatic heterocycles. The fourth-order valence-corrected chi connectivity index (χ4v) is 4.85. The van der Waals surface area contributed by atoms with E-state index in [1.165, 1.54) is 0 Å². The molecule has 1 aromatic carbocycles. The number of imidazole rings is 1. The summed E-state index contributed by atoms with van der Waals surface area (Å²) in [6.45, 7) is 5.68. The molecule has 0 amide bonds. The topological polar surface area (TPSA) is 89.4 Å². The number of nitrogens with zero attached hydrogens (tertiary/aromatic N) is 5. The molecule has 2 aliphatic rings. The molecule has 2 atom stereocenters. The number of aliphatic hydroxyl groups is 1. The zero-order valence-corrected chi connectivity index (χ0v) is 17.4. The van der Waals surface area contributed by atoms with Gasteiger partial charge in [0.15, 0.2) is 5.75 Å². The van der Waals surface area contributed by atoms with Gasteiger partial charge in [-0.15, -0.1) is 0 Å². The zero-order valence-electron chi connectivity index (χ0n) is 17.4. The first-order valence-electron chi connectivity index (χ1n) is 10.6.